The van der Waals surface area contributed by atoms with Crippen molar-refractivity contribution in [2.45, 2.75) is 13.3 Å². The standard InChI is InChI=1S/C10H17N5O/c1-7-8(11)13-10(14-9(7)16)15-5-2-3-12-4-6-15/h12H,2-6H2,1H3,(H3,11,13,14,16). The average Bonchev–Trinajstić information content (AvgIpc) is 2.53. The summed E-state index contributed by atoms with van der Waals surface area (Å²) in [4.78, 5) is 20.6. The average molecular weight is 223 g/mol. The maximum Gasteiger partial charge on any atom is 0.257 e. The predicted octanol–water partition coefficient (Wildman–Crippen LogP) is -0.540. The van der Waals surface area contributed by atoms with Crippen LogP contribution in [-0.4, -0.2) is 36.1 Å². The van der Waals surface area contributed by atoms with Gasteiger partial charge < -0.3 is 16.0 Å². The molecule has 0 bridgehead atoms. The van der Waals surface area contributed by atoms with Gasteiger partial charge in [0.05, 0.1) is 5.56 Å². The van der Waals surface area contributed by atoms with Crippen molar-refractivity contribution in [2.24, 2.45) is 0 Å². The Labute approximate surface area is 93.9 Å². The number of rotatable bonds is 1. The van der Waals surface area contributed by atoms with Gasteiger partial charge in [-0.2, -0.15) is 4.98 Å². The van der Waals surface area contributed by atoms with Gasteiger partial charge in [0.1, 0.15) is 5.82 Å². The van der Waals surface area contributed by atoms with Crippen molar-refractivity contribution in [3.05, 3.63) is 15.9 Å². The molecule has 4 N–H and O–H groups in total. The van der Waals surface area contributed by atoms with Crippen LogP contribution < -0.4 is 21.5 Å². The first-order valence-electron chi connectivity index (χ1n) is 5.50. The predicted molar refractivity (Wildman–Crippen MR) is 63.7 cm³/mol. The highest BCUT2D eigenvalue weighted by molar-refractivity contribution is 5.43. The molecule has 0 aliphatic carbocycles. The zero-order chi connectivity index (χ0) is 11.5. The summed E-state index contributed by atoms with van der Waals surface area (Å²) in [5, 5.41) is 3.29. The molecule has 0 radical (unpaired) electrons. The van der Waals surface area contributed by atoms with E-state index in [4.69, 9.17) is 5.73 Å². The van der Waals surface area contributed by atoms with E-state index in [2.05, 4.69) is 20.2 Å². The largest absolute Gasteiger partial charge is 0.383 e. The Bertz CT molecular complexity index is 420. The van der Waals surface area contributed by atoms with Crippen LogP contribution in [0.3, 0.4) is 0 Å². The van der Waals surface area contributed by atoms with Crippen molar-refractivity contribution in [3.63, 3.8) is 0 Å². The Kier molecular flexibility index (Phi) is 3.09. The van der Waals surface area contributed by atoms with Gasteiger partial charge >= 0.3 is 0 Å². The number of aromatic nitrogens is 2. The number of aromatic amines is 1. The van der Waals surface area contributed by atoms with E-state index in [1.54, 1.807) is 6.92 Å². The third-order valence-electron chi connectivity index (χ3n) is 2.82. The molecule has 2 rings (SSSR count). The lowest BCUT2D eigenvalue weighted by Gasteiger charge is -2.20. The van der Waals surface area contributed by atoms with Crippen LogP contribution in [0.4, 0.5) is 11.8 Å². The zero-order valence-corrected chi connectivity index (χ0v) is 9.42. The summed E-state index contributed by atoms with van der Waals surface area (Å²) in [5.41, 5.74) is 6.02. The van der Waals surface area contributed by atoms with Crippen LogP contribution in [-0.2, 0) is 0 Å². The maximum absolute atomic E-state index is 11.6. The number of anilines is 2. The zero-order valence-electron chi connectivity index (χ0n) is 9.42. The summed E-state index contributed by atoms with van der Waals surface area (Å²) in [6, 6.07) is 0. The van der Waals surface area contributed by atoms with Gasteiger partial charge in [-0.15, -0.1) is 0 Å². The van der Waals surface area contributed by atoms with Crippen molar-refractivity contribution in [2.75, 3.05) is 36.8 Å². The molecule has 1 aliphatic heterocycles. The van der Waals surface area contributed by atoms with Crippen LogP contribution >= 0.6 is 0 Å². The Morgan fingerprint density at radius 1 is 1.38 bits per heavy atom. The molecule has 0 atom stereocenters. The number of nitrogens with two attached hydrogens (primary N) is 1. The third-order valence-corrected chi connectivity index (χ3v) is 2.82. The molecule has 1 aliphatic rings. The van der Waals surface area contributed by atoms with Crippen molar-refractivity contribution in [3.8, 4) is 0 Å². The molecule has 6 heteroatoms. The molecule has 16 heavy (non-hydrogen) atoms. The molecule has 88 valence electrons. The number of H-pyrrole nitrogens is 1. The van der Waals surface area contributed by atoms with Crippen LogP contribution in [0.15, 0.2) is 4.79 Å². The van der Waals surface area contributed by atoms with Gasteiger partial charge in [0, 0.05) is 19.6 Å². The fourth-order valence-corrected chi connectivity index (χ4v) is 1.74. The number of nitrogens with one attached hydrogen (secondary N) is 2. The van der Waals surface area contributed by atoms with Gasteiger partial charge in [0.15, 0.2) is 0 Å². The van der Waals surface area contributed by atoms with Crippen LogP contribution in [0.25, 0.3) is 0 Å². The molecular formula is C10H17N5O. The van der Waals surface area contributed by atoms with E-state index in [-0.39, 0.29) is 5.56 Å². The van der Waals surface area contributed by atoms with Crippen molar-refractivity contribution in [1.82, 2.24) is 15.3 Å². The molecule has 0 aromatic carbocycles. The van der Waals surface area contributed by atoms with E-state index in [0.717, 1.165) is 32.6 Å². The molecule has 6 nitrogen and oxygen atoms in total. The molecule has 0 amide bonds. The Morgan fingerprint density at radius 2 is 2.19 bits per heavy atom. The summed E-state index contributed by atoms with van der Waals surface area (Å²) >= 11 is 0. The minimum absolute atomic E-state index is 0.153. The quantitative estimate of drug-likeness (QED) is 0.595. The monoisotopic (exact) mass is 223 g/mol. The summed E-state index contributed by atoms with van der Waals surface area (Å²) in [6.45, 7) is 5.30. The lowest BCUT2D eigenvalue weighted by Crippen LogP contribution is -2.31. The Hall–Kier alpha value is -1.56. The second kappa shape index (κ2) is 4.52. The van der Waals surface area contributed by atoms with Gasteiger partial charge in [-0.1, -0.05) is 0 Å². The first-order valence-corrected chi connectivity index (χ1v) is 5.50. The summed E-state index contributed by atoms with van der Waals surface area (Å²) in [6.07, 6.45) is 1.04. The lowest BCUT2D eigenvalue weighted by atomic mass is 10.3. The van der Waals surface area contributed by atoms with E-state index in [9.17, 15) is 4.79 Å². The molecular weight excluding hydrogens is 206 g/mol. The molecule has 1 aromatic rings. The fraction of sp³-hybridized carbons (Fsp3) is 0.600. The molecule has 1 fully saturated rings. The second-order valence-electron chi connectivity index (χ2n) is 3.99. The Morgan fingerprint density at radius 3 is 2.94 bits per heavy atom. The molecule has 0 spiro atoms. The normalized spacial score (nSPS) is 17.2. The van der Waals surface area contributed by atoms with Gasteiger partial charge in [-0.05, 0) is 19.9 Å². The van der Waals surface area contributed by atoms with Gasteiger partial charge in [0.2, 0.25) is 5.95 Å². The van der Waals surface area contributed by atoms with Crippen molar-refractivity contribution >= 4 is 11.8 Å². The highest BCUT2D eigenvalue weighted by Crippen LogP contribution is 2.10. The molecule has 0 unspecified atom stereocenters. The van der Waals surface area contributed by atoms with E-state index in [0.29, 0.717) is 17.3 Å². The number of nitrogens with zero attached hydrogens (tertiary/aromatic N) is 2. The number of hydrogen-bond donors (Lipinski definition) is 3. The summed E-state index contributed by atoms with van der Waals surface area (Å²) < 4.78 is 0. The number of nitrogen functional groups attached to an aromatic ring is 1. The molecule has 0 saturated carbocycles. The van der Waals surface area contributed by atoms with Gasteiger partial charge in [-0.3, -0.25) is 9.78 Å². The van der Waals surface area contributed by atoms with Gasteiger partial charge in [0.25, 0.3) is 5.56 Å². The van der Waals surface area contributed by atoms with E-state index in [1.165, 1.54) is 0 Å². The van der Waals surface area contributed by atoms with Crippen LogP contribution in [0.1, 0.15) is 12.0 Å². The van der Waals surface area contributed by atoms with Crippen LogP contribution in [0.2, 0.25) is 0 Å². The minimum atomic E-state index is -0.153. The first-order chi connectivity index (χ1) is 7.68. The van der Waals surface area contributed by atoms with E-state index in [1.807, 2.05) is 0 Å². The first kappa shape index (κ1) is 10.9. The molecule has 1 aromatic heterocycles. The minimum Gasteiger partial charge on any atom is -0.383 e. The van der Waals surface area contributed by atoms with Crippen molar-refractivity contribution in [1.29, 1.82) is 0 Å². The smallest absolute Gasteiger partial charge is 0.257 e. The molecule has 1 saturated heterocycles. The van der Waals surface area contributed by atoms with E-state index < -0.39 is 0 Å². The summed E-state index contributed by atoms with van der Waals surface area (Å²) in [7, 11) is 0. The van der Waals surface area contributed by atoms with Gasteiger partial charge in [-0.25, -0.2) is 0 Å². The Balaban J connectivity index is 2.28. The lowest BCUT2D eigenvalue weighted by molar-refractivity contribution is 0.724. The van der Waals surface area contributed by atoms with Crippen LogP contribution in [0.5, 0.6) is 0 Å². The topological polar surface area (TPSA) is 87.0 Å². The summed E-state index contributed by atoms with van der Waals surface area (Å²) in [5.74, 6) is 0.896. The third kappa shape index (κ3) is 2.16. The second-order valence-corrected chi connectivity index (χ2v) is 3.99. The fourth-order valence-electron chi connectivity index (χ4n) is 1.74. The molecule has 2 heterocycles. The number of hydrogen-bond acceptors (Lipinski definition) is 5. The van der Waals surface area contributed by atoms with E-state index >= 15 is 0 Å². The maximum atomic E-state index is 11.6. The van der Waals surface area contributed by atoms with Crippen LogP contribution in [0, 0.1) is 6.92 Å². The van der Waals surface area contributed by atoms with Crippen molar-refractivity contribution < 1.29 is 0 Å². The SMILES string of the molecule is Cc1c(N)nc(N2CCCNCC2)[nH]c1=O. The highest BCUT2D eigenvalue weighted by atomic mass is 16.1. The highest BCUT2D eigenvalue weighted by Gasteiger charge is 2.13.